The fourth-order valence-electron chi connectivity index (χ4n) is 2.43. The Morgan fingerprint density at radius 2 is 2.05 bits per heavy atom. The van der Waals surface area contributed by atoms with E-state index in [0.29, 0.717) is 11.3 Å². The Bertz CT molecular complexity index is 552. The zero-order valence-electron chi connectivity index (χ0n) is 11.2. The molecule has 1 aromatic carbocycles. The molecule has 5 nitrogen and oxygen atoms in total. The van der Waals surface area contributed by atoms with E-state index in [9.17, 15) is 14.7 Å². The average Bonchev–Trinajstić information content (AvgIpc) is 2.51. The molecule has 1 aliphatic heterocycles. The molecule has 0 saturated heterocycles. The van der Waals surface area contributed by atoms with Crippen molar-refractivity contribution < 1.29 is 19.8 Å². The summed E-state index contributed by atoms with van der Waals surface area (Å²) in [6, 6.07) is 5.37. The predicted molar refractivity (Wildman–Crippen MR) is 70.1 cm³/mol. The smallest absolute Gasteiger partial charge is 0.307 e. The summed E-state index contributed by atoms with van der Waals surface area (Å²) in [5, 5.41) is 19.4. The van der Waals surface area contributed by atoms with Gasteiger partial charge in [0, 0.05) is 12.6 Å². The van der Waals surface area contributed by atoms with Crippen molar-refractivity contribution in [2.75, 3.05) is 11.9 Å². The first kappa shape index (κ1) is 13.5. The lowest BCUT2D eigenvalue weighted by atomic mass is 9.89. The monoisotopic (exact) mass is 263 g/mol. The minimum absolute atomic E-state index is 0.236. The maximum atomic E-state index is 12.1. The Labute approximate surface area is 111 Å². The van der Waals surface area contributed by atoms with Crippen molar-refractivity contribution in [2.45, 2.75) is 31.8 Å². The number of carboxylic acid groups (broad SMARTS) is 1. The number of likely N-dealkylation sites (N-methyl/N-ethyl adjacent to an activating group) is 1. The Hall–Kier alpha value is -1.88. The normalized spacial score (nSPS) is 21.9. The zero-order valence-corrected chi connectivity index (χ0v) is 11.2. The molecule has 0 aromatic heterocycles. The lowest BCUT2D eigenvalue weighted by molar-refractivity contribution is -0.150. The Morgan fingerprint density at radius 3 is 2.58 bits per heavy atom. The molecule has 0 spiro atoms. The summed E-state index contributed by atoms with van der Waals surface area (Å²) in [4.78, 5) is 24.3. The molecule has 0 fully saturated rings. The quantitative estimate of drug-likeness (QED) is 0.865. The van der Waals surface area contributed by atoms with Crippen LogP contribution in [-0.2, 0) is 15.2 Å². The fraction of sp³-hybridized carbons (Fsp3) is 0.429. The molecule has 0 saturated carbocycles. The molecule has 0 aliphatic carbocycles. The zero-order chi connectivity index (χ0) is 14.4. The predicted octanol–water partition coefficient (Wildman–Crippen LogP) is 1.45. The Kier molecular flexibility index (Phi) is 3.10. The van der Waals surface area contributed by atoms with Crippen molar-refractivity contribution in [3.05, 3.63) is 29.3 Å². The van der Waals surface area contributed by atoms with E-state index in [-0.39, 0.29) is 5.92 Å². The Balaban J connectivity index is 2.59. The van der Waals surface area contributed by atoms with Gasteiger partial charge in [-0.25, -0.2) is 0 Å². The SMILES string of the molecule is CC(C)c1ccc2c(c1)C(O)(CC(=O)O)C(=O)N2C. The summed E-state index contributed by atoms with van der Waals surface area (Å²) in [7, 11) is 1.54. The number of aliphatic carboxylic acids is 1. The van der Waals surface area contributed by atoms with Gasteiger partial charge in [-0.2, -0.15) is 0 Å². The fourth-order valence-corrected chi connectivity index (χ4v) is 2.43. The second-order valence-electron chi connectivity index (χ2n) is 5.23. The number of aliphatic hydroxyl groups is 1. The molecule has 19 heavy (non-hydrogen) atoms. The molecule has 0 radical (unpaired) electrons. The highest BCUT2D eigenvalue weighted by atomic mass is 16.4. The first-order chi connectivity index (χ1) is 8.77. The third-order valence-electron chi connectivity index (χ3n) is 3.56. The van der Waals surface area contributed by atoms with E-state index in [1.807, 2.05) is 19.9 Å². The van der Waals surface area contributed by atoms with Crippen molar-refractivity contribution in [1.82, 2.24) is 0 Å². The lowest BCUT2D eigenvalue weighted by Gasteiger charge is -2.20. The van der Waals surface area contributed by atoms with Gasteiger partial charge in [-0.1, -0.05) is 26.0 Å². The van der Waals surface area contributed by atoms with E-state index < -0.39 is 23.9 Å². The van der Waals surface area contributed by atoms with Gasteiger partial charge in [-0.3, -0.25) is 9.59 Å². The van der Waals surface area contributed by atoms with Gasteiger partial charge in [0.1, 0.15) is 0 Å². The van der Waals surface area contributed by atoms with E-state index in [0.717, 1.165) is 5.56 Å². The molecule has 2 N–H and O–H groups in total. The van der Waals surface area contributed by atoms with Gasteiger partial charge in [0.05, 0.1) is 12.1 Å². The molecule has 2 rings (SSSR count). The van der Waals surface area contributed by atoms with Crippen molar-refractivity contribution in [3.8, 4) is 0 Å². The van der Waals surface area contributed by atoms with Crippen LogP contribution in [0.2, 0.25) is 0 Å². The van der Waals surface area contributed by atoms with Gasteiger partial charge >= 0.3 is 5.97 Å². The van der Waals surface area contributed by atoms with Crippen LogP contribution >= 0.6 is 0 Å². The maximum absolute atomic E-state index is 12.1. The molecule has 5 heteroatoms. The van der Waals surface area contributed by atoms with Crippen molar-refractivity contribution in [1.29, 1.82) is 0 Å². The van der Waals surface area contributed by atoms with Crippen LogP contribution in [0.3, 0.4) is 0 Å². The highest BCUT2D eigenvalue weighted by Crippen LogP contribution is 2.42. The number of anilines is 1. The van der Waals surface area contributed by atoms with E-state index in [1.165, 1.54) is 11.9 Å². The van der Waals surface area contributed by atoms with Crippen LogP contribution in [0.5, 0.6) is 0 Å². The van der Waals surface area contributed by atoms with Gasteiger partial charge in [0.25, 0.3) is 5.91 Å². The molecule has 1 unspecified atom stereocenters. The summed E-state index contributed by atoms with van der Waals surface area (Å²) in [6.07, 6.45) is -0.620. The minimum Gasteiger partial charge on any atom is -0.481 e. The largest absolute Gasteiger partial charge is 0.481 e. The van der Waals surface area contributed by atoms with Gasteiger partial charge in [0.2, 0.25) is 0 Å². The minimum atomic E-state index is -1.96. The van der Waals surface area contributed by atoms with Crippen molar-refractivity contribution in [3.63, 3.8) is 0 Å². The molecular weight excluding hydrogens is 246 g/mol. The molecule has 1 aliphatic rings. The maximum Gasteiger partial charge on any atom is 0.307 e. The van der Waals surface area contributed by atoms with Crippen LogP contribution < -0.4 is 4.90 Å². The third kappa shape index (κ3) is 2.00. The van der Waals surface area contributed by atoms with Crippen LogP contribution in [-0.4, -0.2) is 29.1 Å². The molecular formula is C14H17NO4. The highest BCUT2D eigenvalue weighted by Gasteiger charge is 2.50. The second kappa shape index (κ2) is 4.35. The summed E-state index contributed by atoms with van der Waals surface area (Å²) in [5.74, 6) is -1.56. The number of amides is 1. The number of rotatable bonds is 3. The number of carbonyl (C=O) groups excluding carboxylic acids is 1. The highest BCUT2D eigenvalue weighted by molar-refractivity contribution is 6.08. The number of carboxylic acids is 1. The molecule has 1 amide bonds. The first-order valence-electron chi connectivity index (χ1n) is 6.14. The van der Waals surface area contributed by atoms with Gasteiger partial charge in [-0.15, -0.1) is 0 Å². The topological polar surface area (TPSA) is 77.8 Å². The van der Waals surface area contributed by atoms with Gasteiger partial charge in [-0.05, 0) is 17.5 Å². The number of benzene rings is 1. The number of carbonyl (C=O) groups is 2. The Morgan fingerprint density at radius 1 is 1.42 bits per heavy atom. The molecule has 1 atom stereocenters. The van der Waals surface area contributed by atoms with Crippen LogP contribution in [0.15, 0.2) is 18.2 Å². The number of hydrogen-bond donors (Lipinski definition) is 2. The van der Waals surface area contributed by atoms with Crippen molar-refractivity contribution in [2.24, 2.45) is 0 Å². The van der Waals surface area contributed by atoms with E-state index in [2.05, 4.69) is 0 Å². The second-order valence-corrected chi connectivity index (χ2v) is 5.23. The number of fused-ring (bicyclic) bond motifs is 1. The van der Waals surface area contributed by atoms with Crippen LogP contribution in [0, 0.1) is 0 Å². The standard InChI is InChI=1S/C14H17NO4/c1-8(2)9-4-5-11-10(6-9)14(19,7-12(16)17)13(18)15(11)3/h4-6,8,19H,7H2,1-3H3,(H,16,17). The lowest BCUT2D eigenvalue weighted by Crippen LogP contribution is -2.40. The van der Waals surface area contributed by atoms with Gasteiger partial charge < -0.3 is 15.1 Å². The number of hydrogen-bond acceptors (Lipinski definition) is 3. The number of nitrogens with zero attached hydrogens (tertiary/aromatic N) is 1. The molecule has 0 bridgehead atoms. The van der Waals surface area contributed by atoms with E-state index in [4.69, 9.17) is 5.11 Å². The van der Waals surface area contributed by atoms with Crippen LogP contribution in [0.25, 0.3) is 0 Å². The van der Waals surface area contributed by atoms with Crippen LogP contribution in [0.4, 0.5) is 5.69 Å². The van der Waals surface area contributed by atoms with Gasteiger partial charge in [0.15, 0.2) is 5.60 Å². The average molecular weight is 263 g/mol. The van der Waals surface area contributed by atoms with E-state index in [1.54, 1.807) is 12.1 Å². The van der Waals surface area contributed by atoms with Crippen molar-refractivity contribution >= 4 is 17.6 Å². The molecule has 1 aromatic rings. The summed E-state index contributed by atoms with van der Waals surface area (Å²) in [5.41, 5.74) is -0.0433. The summed E-state index contributed by atoms with van der Waals surface area (Å²) in [6.45, 7) is 4.00. The molecule has 1 heterocycles. The third-order valence-corrected chi connectivity index (χ3v) is 3.56. The first-order valence-corrected chi connectivity index (χ1v) is 6.14. The summed E-state index contributed by atoms with van der Waals surface area (Å²) < 4.78 is 0. The van der Waals surface area contributed by atoms with Crippen LogP contribution in [0.1, 0.15) is 37.3 Å². The molecule has 102 valence electrons. The summed E-state index contributed by atoms with van der Waals surface area (Å²) >= 11 is 0. The van der Waals surface area contributed by atoms with E-state index >= 15 is 0 Å².